The molecule has 0 spiro atoms. The zero-order valence-corrected chi connectivity index (χ0v) is 38.6. The summed E-state index contributed by atoms with van der Waals surface area (Å²) in [6.45, 7) is 0. The van der Waals surface area contributed by atoms with Crippen molar-refractivity contribution in [3.05, 3.63) is 247 Å². The third-order valence-corrected chi connectivity index (χ3v) is 11.9. The normalized spacial score (nSPS) is 13.9. The van der Waals surface area contributed by atoms with Crippen LogP contribution in [-0.4, -0.2) is 24.3 Å². The van der Waals surface area contributed by atoms with E-state index in [1.54, 1.807) is 67.1 Å². The summed E-state index contributed by atoms with van der Waals surface area (Å²) in [6, 6.07) is 65.7. The van der Waals surface area contributed by atoms with Crippen molar-refractivity contribution < 1.29 is 31.1 Å². The Morgan fingerprint density at radius 3 is 1.68 bits per heavy atom. The van der Waals surface area contributed by atoms with Gasteiger partial charge in [-0.15, -0.1) is 94.4 Å². The summed E-state index contributed by atoms with van der Waals surface area (Å²) < 4.78 is 78.9. The minimum Gasteiger partial charge on any atom is -0.335 e. The quantitative estimate of drug-likeness (QED) is 0.0957. The third-order valence-electron chi connectivity index (χ3n) is 11.9. The van der Waals surface area contributed by atoms with Gasteiger partial charge in [-0.25, -0.2) is 4.98 Å². The SMILES string of the molecule is [2H]C([2H])(c1c[c-]c(-c2ccccn2)cc1)C([2H])([2H])c1cc(-c2ccccc2-c2c[c-]c3c4nccc(-c5ccccc5)c4c4nc5ccccc5n4c3c2)cc(C([2H])([2H])C([2H])([2H])c2c[c-]c(-c3ccccn3)cc2)c1.[Ir+3]. The second-order valence-corrected chi connectivity index (χ2v) is 16.1. The maximum atomic E-state index is 9.70. The molecule has 5 heterocycles. The Bertz CT molecular complexity index is 3990. The fraction of sp³-hybridized carbons (Fsp3) is 0.0645. The molecule has 0 saturated heterocycles. The van der Waals surface area contributed by atoms with Crippen LogP contribution in [0.2, 0.25) is 0 Å². The number of aryl methyl sites for hydroxylation is 4. The fourth-order valence-corrected chi connectivity index (χ4v) is 8.75. The first-order valence-corrected chi connectivity index (χ1v) is 21.9. The van der Waals surface area contributed by atoms with Crippen LogP contribution >= 0.6 is 0 Å². The Labute approximate surface area is 420 Å². The standard InChI is InChI=1S/C62H42N5.Ir/c1-2-12-46(13-3-1)53-34-37-65-61-54-33-32-49(41-59(54)67-58-19-7-6-18-57(58)66-62(67)60(53)61)51-14-4-5-15-52(51)50-39-44(22-20-42-24-28-47(29-25-42)55-16-8-10-35-63-55)38-45(40-50)23-21-43-26-30-48(31-27-43)56-17-9-11-36-64-56;/h1-19,24-28,30,32,34-41H,20-23H2;/q-3;+3/i20D2,21D2,22D2,23D2;. The van der Waals surface area contributed by atoms with Crippen LogP contribution in [0.5, 0.6) is 0 Å². The van der Waals surface area contributed by atoms with Crippen LogP contribution in [-0.2, 0) is 45.6 Å². The molecule has 0 amide bonds. The molecule has 0 radical (unpaired) electrons. The van der Waals surface area contributed by atoms with Crippen molar-refractivity contribution in [2.75, 3.05) is 0 Å². The number of hydrogen-bond donors (Lipinski definition) is 0. The van der Waals surface area contributed by atoms with Crippen molar-refractivity contribution in [2.45, 2.75) is 25.5 Å². The largest absolute Gasteiger partial charge is 3.00 e. The zero-order chi connectivity index (χ0) is 51.7. The molecule has 12 rings (SSSR count). The summed E-state index contributed by atoms with van der Waals surface area (Å²) in [7, 11) is 0. The molecule has 5 nitrogen and oxygen atoms in total. The van der Waals surface area contributed by atoms with Crippen molar-refractivity contribution in [1.29, 1.82) is 0 Å². The molecular weight excluding hydrogens is 1010 g/mol. The summed E-state index contributed by atoms with van der Waals surface area (Å²) in [5.41, 5.74) is 10.3. The number of nitrogens with zero attached hydrogens (tertiary/aromatic N) is 5. The van der Waals surface area contributed by atoms with Crippen LogP contribution in [0.15, 0.2) is 207 Å². The van der Waals surface area contributed by atoms with Gasteiger partial charge in [-0.2, -0.15) is 0 Å². The predicted octanol–water partition coefficient (Wildman–Crippen LogP) is 14.3. The van der Waals surface area contributed by atoms with E-state index in [-0.39, 0.29) is 42.4 Å². The first-order valence-electron chi connectivity index (χ1n) is 25.9. The molecule has 324 valence electrons. The van der Waals surface area contributed by atoms with Crippen molar-refractivity contribution >= 4 is 38.5 Å². The minimum absolute atomic E-state index is 0. The molecule has 0 fully saturated rings. The van der Waals surface area contributed by atoms with Crippen molar-refractivity contribution in [1.82, 2.24) is 24.3 Å². The summed E-state index contributed by atoms with van der Waals surface area (Å²) in [5.74, 6) is 0. The van der Waals surface area contributed by atoms with E-state index in [1.165, 1.54) is 30.3 Å². The van der Waals surface area contributed by atoms with E-state index in [2.05, 4.69) is 50.8 Å². The number of para-hydroxylation sites is 2. The van der Waals surface area contributed by atoms with Gasteiger partial charge in [-0.05, 0) is 93.4 Å². The Balaban J connectivity index is 0.00000616. The average molecular weight is 1060 g/mol. The Kier molecular flexibility index (Phi) is 9.50. The molecule has 6 heteroatoms. The van der Waals surface area contributed by atoms with Crippen molar-refractivity contribution in [2.24, 2.45) is 0 Å². The molecule has 0 atom stereocenters. The first-order chi connectivity index (χ1) is 36.2. The van der Waals surface area contributed by atoms with Crippen molar-refractivity contribution in [3.8, 4) is 55.9 Å². The Hall–Kier alpha value is -7.89. The van der Waals surface area contributed by atoms with Gasteiger partial charge in [0.25, 0.3) is 0 Å². The number of pyridine rings is 4. The van der Waals surface area contributed by atoms with E-state index in [4.69, 9.17) is 9.97 Å². The maximum Gasteiger partial charge on any atom is 3.00 e. The molecule has 0 unspecified atom stereocenters. The van der Waals surface area contributed by atoms with Gasteiger partial charge in [0.1, 0.15) is 5.65 Å². The zero-order valence-electron chi connectivity index (χ0n) is 44.2. The molecule has 0 bridgehead atoms. The molecule has 0 N–H and O–H groups in total. The molecule has 0 saturated carbocycles. The van der Waals surface area contributed by atoms with E-state index in [0.29, 0.717) is 39.2 Å². The van der Waals surface area contributed by atoms with Crippen molar-refractivity contribution in [3.63, 3.8) is 0 Å². The van der Waals surface area contributed by atoms with Crippen LogP contribution in [0.25, 0.3) is 94.4 Å². The molecule has 68 heavy (non-hydrogen) atoms. The van der Waals surface area contributed by atoms with Gasteiger partial charge in [0.15, 0.2) is 0 Å². The van der Waals surface area contributed by atoms with Gasteiger partial charge < -0.3 is 19.4 Å². The van der Waals surface area contributed by atoms with Gasteiger partial charge in [0.2, 0.25) is 0 Å². The second kappa shape index (κ2) is 18.8. The fourth-order valence-electron chi connectivity index (χ4n) is 8.75. The van der Waals surface area contributed by atoms with E-state index < -0.39 is 25.5 Å². The average Bonchev–Trinajstić information content (AvgIpc) is 3.98. The van der Waals surface area contributed by atoms with Crippen LogP contribution in [0.3, 0.4) is 0 Å². The molecule has 0 aliphatic heterocycles. The Morgan fingerprint density at radius 1 is 0.441 bits per heavy atom. The third kappa shape index (κ3) is 8.30. The van der Waals surface area contributed by atoms with Crippen LogP contribution in [0.1, 0.15) is 33.2 Å². The number of hydrogen-bond acceptors (Lipinski definition) is 4. The first kappa shape index (κ1) is 34.4. The number of fused-ring (bicyclic) bond motifs is 8. The summed E-state index contributed by atoms with van der Waals surface area (Å²) >= 11 is 0. The van der Waals surface area contributed by atoms with E-state index in [9.17, 15) is 11.0 Å². The number of rotatable bonds is 11. The second-order valence-electron chi connectivity index (χ2n) is 16.1. The van der Waals surface area contributed by atoms with Crippen LogP contribution in [0.4, 0.5) is 0 Å². The number of aromatic nitrogens is 5. The van der Waals surface area contributed by atoms with Gasteiger partial charge in [0.05, 0.1) is 11.0 Å². The van der Waals surface area contributed by atoms with Gasteiger partial charge >= 0.3 is 20.1 Å². The molecule has 12 aromatic rings. The molecule has 0 aliphatic carbocycles. The van der Waals surface area contributed by atoms with E-state index >= 15 is 0 Å². The van der Waals surface area contributed by atoms with E-state index in [0.717, 1.165) is 55.2 Å². The van der Waals surface area contributed by atoms with Crippen LogP contribution < -0.4 is 0 Å². The molecule has 5 aromatic heterocycles. The molecular formula is C62H42IrN5. The molecule has 7 aromatic carbocycles. The summed E-state index contributed by atoms with van der Waals surface area (Å²) in [6.07, 6.45) is -5.93. The van der Waals surface area contributed by atoms with Gasteiger partial charge in [-0.1, -0.05) is 133 Å². The summed E-state index contributed by atoms with van der Waals surface area (Å²) in [4.78, 5) is 18.9. The monoisotopic (exact) mass is 1060 g/mol. The van der Waals surface area contributed by atoms with E-state index in [1.807, 2.05) is 91.0 Å². The number of benzene rings is 7. The van der Waals surface area contributed by atoms with Crippen LogP contribution in [0, 0.1) is 18.2 Å². The topological polar surface area (TPSA) is 56.0 Å². The minimum atomic E-state index is -2.81. The summed E-state index contributed by atoms with van der Waals surface area (Å²) in [5, 5.41) is 1.65. The Morgan fingerprint density at radius 2 is 1.04 bits per heavy atom. The maximum absolute atomic E-state index is 9.70. The predicted molar refractivity (Wildman–Crippen MR) is 272 cm³/mol. The smallest absolute Gasteiger partial charge is 0.335 e. The van der Waals surface area contributed by atoms with Gasteiger partial charge in [0, 0.05) is 40.5 Å². The van der Waals surface area contributed by atoms with Gasteiger partial charge in [-0.3, -0.25) is 0 Å². The molecule has 0 aliphatic rings. The number of imidazole rings is 1.